The first-order valence-corrected chi connectivity index (χ1v) is 7.39. The summed E-state index contributed by atoms with van der Waals surface area (Å²) in [4.78, 5) is 0. The van der Waals surface area contributed by atoms with Crippen molar-refractivity contribution in [3.05, 3.63) is 0 Å². The minimum absolute atomic E-state index is 0.710. The molecule has 0 amide bonds. The Morgan fingerprint density at radius 3 is 1.88 bits per heavy atom. The van der Waals surface area contributed by atoms with Crippen LogP contribution >= 0.6 is 0 Å². The first-order chi connectivity index (χ1) is 7.39. The largest absolute Gasteiger partial charge is 0.0625 e. The zero-order valence-electron chi connectivity index (χ0n) is 12.1. The third-order valence-corrected chi connectivity index (χ3v) is 6.14. The second kappa shape index (κ2) is 4.03. The van der Waals surface area contributed by atoms with Crippen LogP contribution in [0.3, 0.4) is 0 Å². The van der Waals surface area contributed by atoms with Crippen LogP contribution < -0.4 is 0 Å². The van der Waals surface area contributed by atoms with E-state index in [-0.39, 0.29) is 0 Å². The highest BCUT2D eigenvalue weighted by molar-refractivity contribution is 5.07. The van der Waals surface area contributed by atoms with E-state index in [0.717, 1.165) is 35.5 Å². The van der Waals surface area contributed by atoms with Crippen molar-refractivity contribution in [3.63, 3.8) is 0 Å². The van der Waals surface area contributed by atoms with Crippen LogP contribution in [0.25, 0.3) is 0 Å². The Labute approximate surface area is 102 Å². The average molecular weight is 222 g/mol. The van der Waals surface area contributed by atoms with E-state index in [0.29, 0.717) is 5.41 Å². The molecule has 0 aromatic heterocycles. The fraction of sp³-hybridized carbons (Fsp3) is 1.00. The zero-order valence-corrected chi connectivity index (χ0v) is 12.1. The summed E-state index contributed by atoms with van der Waals surface area (Å²) in [7, 11) is 0. The predicted octanol–water partition coefficient (Wildman–Crippen LogP) is 4.99. The monoisotopic (exact) mass is 222 g/mol. The summed E-state index contributed by atoms with van der Waals surface area (Å²) in [6, 6.07) is 0. The Hall–Kier alpha value is 0. The van der Waals surface area contributed by atoms with Gasteiger partial charge < -0.3 is 0 Å². The lowest BCUT2D eigenvalue weighted by Crippen LogP contribution is -2.58. The van der Waals surface area contributed by atoms with Crippen LogP contribution in [0.1, 0.15) is 60.8 Å². The molecule has 0 radical (unpaired) electrons. The quantitative estimate of drug-likeness (QED) is 0.631. The summed E-state index contributed by atoms with van der Waals surface area (Å²) >= 11 is 0. The van der Waals surface area contributed by atoms with E-state index in [1.54, 1.807) is 0 Å². The van der Waals surface area contributed by atoms with Crippen LogP contribution in [0.15, 0.2) is 0 Å². The molecule has 0 saturated heterocycles. The normalized spacial score (nSPS) is 48.0. The third kappa shape index (κ3) is 1.56. The van der Waals surface area contributed by atoms with Crippen molar-refractivity contribution < 1.29 is 0 Å². The van der Waals surface area contributed by atoms with Crippen LogP contribution in [0.2, 0.25) is 0 Å². The maximum atomic E-state index is 2.54. The fourth-order valence-electron chi connectivity index (χ4n) is 4.93. The molecule has 0 aromatic carbocycles. The molecule has 2 aliphatic rings. The lowest BCUT2D eigenvalue weighted by atomic mass is 9.40. The predicted molar refractivity (Wildman–Crippen MR) is 71.3 cm³/mol. The van der Waals surface area contributed by atoms with Gasteiger partial charge in [0.05, 0.1) is 0 Å². The van der Waals surface area contributed by atoms with E-state index < -0.39 is 0 Å². The van der Waals surface area contributed by atoms with Crippen molar-refractivity contribution in [1.82, 2.24) is 0 Å². The van der Waals surface area contributed by atoms with Gasteiger partial charge in [-0.3, -0.25) is 0 Å². The van der Waals surface area contributed by atoms with Gasteiger partial charge in [-0.05, 0) is 60.2 Å². The summed E-state index contributed by atoms with van der Waals surface area (Å²) < 4.78 is 0. The van der Waals surface area contributed by atoms with E-state index in [9.17, 15) is 0 Å². The smallest absolute Gasteiger partial charge is 0.0215 e. The molecule has 16 heavy (non-hydrogen) atoms. The van der Waals surface area contributed by atoms with Gasteiger partial charge in [0.1, 0.15) is 0 Å². The van der Waals surface area contributed by atoms with Crippen LogP contribution in [0.4, 0.5) is 0 Å². The molecule has 0 heterocycles. The van der Waals surface area contributed by atoms with Crippen LogP contribution in [-0.4, -0.2) is 0 Å². The zero-order chi connectivity index (χ0) is 12.1. The topological polar surface area (TPSA) is 0 Å². The molecular formula is C16H30. The van der Waals surface area contributed by atoms with Gasteiger partial charge in [0.15, 0.2) is 0 Å². The van der Waals surface area contributed by atoms with Gasteiger partial charge in [-0.15, -0.1) is 0 Å². The maximum Gasteiger partial charge on any atom is -0.0215 e. The SMILES string of the molecule is CC1CC(C2(C(C)C)CC(C(C)C)C2C)C1. The van der Waals surface area contributed by atoms with Gasteiger partial charge in [0, 0.05) is 0 Å². The molecule has 0 aliphatic heterocycles. The lowest BCUT2D eigenvalue weighted by Gasteiger charge is -2.65. The minimum Gasteiger partial charge on any atom is -0.0625 e. The van der Waals surface area contributed by atoms with E-state index in [2.05, 4.69) is 41.5 Å². The summed E-state index contributed by atoms with van der Waals surface area (Å²) in [5, 5.41) is 0. The summed E-state index contributed by atoms with van der Waals surface area (Å²) in [6.45, 7) is 14.7. The maximum absolute atomic E-state index is 2.54. The number of hydrogen-bond acceptors (Lipinski definition) is 0. The lowest BCUT2D eigenvalue weighted by molar-refractivity contribution is -0.164. The molecule has 94 valence electrons. The molecule has 0 bridgehead atoms. The van der Waals surface area contributed by atoms with Gasteiger partial charge in [0.25, 0.3) is 0 Å². The summed E-state index contributed by atoms with van der Waals surface area (Å²) in [5.41, 5.74) is 0.710. The molecule has 2 saturated carbocycles. The Bertz CT molecular complexity index is 247. The van der Waals surface area contributed by atoms with Crippen LogP contribution in [0, 0.1) is 40.9 Å². The highest BCUT2D eigenvalue weighted by Gasteiger charge is 2.59. The van der Waals surface area contributed by atoms with Crippen LogP contribution in [-0.2, 0) is 0 Å². The van der Waals surface area contributed by atoms with Crippen molar-refractivity contribution in [3.8, 4) is 0 Å². The first kappa shape index (κ1) is 12.5. The van der Waals surface area contributed by atoms with E-state index in [4.69, 9.17) is 0 Å². The van der Waals surface area contributed by atoms with E-state index in [1.807, 2.05) is 0 Å². The van der Waals surface area contributed by atoms with E-state index in [1.165, 1.54) is 19.3 Å². The Balaban J connectivity index is 2.09. The summed E-state index contributed by atoms with van der Waals surface area (Å²) in [6.07, 6.45) is 4.53. The van der Waals surface area contributed by atoms with Gasteiger partial charge >= 0.3 is 0 Å². The minimum atomic E-state index is 0.710. The van der Waals surface area contributed by atoms with Gasteiger partial charge in [0.2, 0.25) is 0 Å². The molecular weight excluding hydrogens is 192 g/mol. The Morgan fingerprint density at radius 2 is 1.56 bits per heavy atom. The molecule has 2 rings (SSSR count). The number of hydrogen-bond donors (Lipinski definition) is 0. The second-order valence-corrected chi connectivity index (χ2v) is 7.44. The molecule has 3 atom stereocenters. The standard InChI is InChI=1S/C16H30/c1-10(2)15-9-16(11(3)4,13(15)6)14-7-12(5)8-14/h10-15H,7-9H2,1-6H3. The van der Waals surface area contributed by atoms with E-state index >= 15 is 0 Å². The van der Waals surface area contributed by atoms with Crippen molar-refractivity contribution in [2.75, 3.05) is 0 Å². The highest BCUT2D eigenvalue weighted by atomic mass is 14.6. The Kier molecular flexibility index (Phi) is 3.14. The average Bonchev–Trinajstić information content (AvgIpc) is 2.12. The van der Waals surface area contributed by atoms with Crippen molar-refractivity contribution in [2.45, 2.75) is 60.8 Å². The third-order valence-electron chi connectivity index (χ3n) is 6.14. The second-order valence-electron chi connectivity index (χ2n) is 7.44. The van der Waals surface area contributed by atoms with Crippen molar-refractivity contribution >= 4 is 0 Å². The van der Waals surface area contributed by atoms with Gasteiger partial charge in [-0.25, -0.2) is 0 Å². The molecule has 3 unspecified atom stereocenters. The molecule has 0 aromatic rings. The Morgan fingerprint density at radius 1 is 1.00 bits per heavy atom. The van der Waals surface area contributed by atoms with Crippen molar-refractivity contribution in [2.24, 2.45) is 40.9 Å². The molecule has 0 spiro atoms. The molecule has 0 N–H and O–H groups in total. The molecule has 2 fully saturated rings. The molecule has 0 nitrogen and oxygen atoms in total. The first-order valence-electron chi connectivity index (χ1n) is 7.39. The van der Waals surface area contributed by atoms with Gasteiger partial charge in [-0.1, -0.05) is 41.5 Å². The van der Waals surface area contributed by atoms with Crippen molar-refractivity contribution in [1.29, 1.82) is 0 Å². The van der Waals surface area contributed by atoms with Gasteiger partial charge in [-0.2, -0.15) is 0 Å². The molecule has 2 aliphatic carbocycles. The fourth-order valence-corrected chi connectivity index (χ4v) is 4.93. The van der Waals surface area contributed by atoms with Crippen LogP contribution in [0.5, 0.6) is 0 Å². The molecule has 0 heteroatoms. The number of rotatable bonds is 3. The summed E-state index contributed by atoms with van der Waals surface area (Å²) in [5.74, 6) is 5.79. The highest BCUT2D eigenvalue weighted by Crippen LogP contribution is 2.66.